The van der Waals surface area contributed by atoms with Gasteiger partial charge in [-0.25, -0.2) is 9.97 Å². The minimum absolute atomic E-state index is 0.0147. The summed E-state index contributed by atoms with van der Waals surface area (Å²) in [7, 11) is 0. The third-order valence-corrected chi connectivity index (χ3v) is 6.39. The molecule has 0 spiro atoms. The second kappa shape index (κ2) is 10.4. The molecule has 1 N–H and O–H groups in total. The molecule has 0 saturated carbocycles. The van der Waals surface area contributed by atoms with E-state index in [1.807, 2.05) is 18.2 Å². The molecule has 31 heavy (non-hydrogen) atoms. The molecule has 0 radical (unpaired) electrons. The average molecular weight is 444 g/mol. The summed E-state index contributed by atoms with van der Waals surface area (Å²) in [6, 6.07) is 10.7. The number of carbonyl (C=O) groups is 1. The number of amides is 1. The number of halogens is 1. The van der Waals surface area contributed by atoms with Gasteiger partial charge in [0.1, 0.15) is 0 Å². The molecule has 3 heterocycles. The summed E-state index contributed by atoms with van der Waals surface area (Å²) in [5, 5.41) is 3.66. The van der Waals surface area contributed by atoms with Gasteiger partial charge < -0.3 is 15.0 Å². The molecular formula is C23H30ClN5O2. The molecule has 8 heteroatoms. The smallest absolute Gasteiger partial charge is 0.225 e. The molecule has 1 aromatic heterocycles. The standard InChI is InChI=1S/C23H30ClN5O2/c1-17(30)27-14-22-15-29(21(16-31-22)13-18-3-5-19(24)6-4-18)20-7-11-28(12-8-20)23-25-9-2-10-26-23/h2-6,9-10,20-22H,7-8,11-16H2,1H3,(H,27,30). The molecule has 7 nitrogen and oxygen atoms in total. The van der Waals surface area contributed by atoms with Crippen molar-refractivity contribution in [3.05, 3.63) is 53.3 Å². The molecule has 2 unspecified atom stereocenters. The number of carbonyl (C=O) groups excluding carboxylic acids is 1. The van der Waals surface area contributed by atoms with Crippen molar-refractivity contribution in [2.75, 3.05) is 37.7 Å². The van der Waals surface area contributed by atoms with Crippen molar-refractivity contribution < 1.29 is 9.53 Å². The van der Waals surface area contributed by atoms with Gasteiger partial charge in [-0.3, -0.25) is 9.69 Å². The lowest BCUT2D eigenvalue weighted by molar-refractivity contribution is -0.121. The summed E-state index contributed by atoms with van der Waals surface area (Å²) >= 11 is 6.06. The maximum Gasteiger partial charge on any atom is 0.225 e. The molecule has 2 fully saturated rings. The van der Waals surface area contributed by atoms with Crippen LogP contribution in [0.5, 0.6) is 0 Å². The predicted octanol–water partition coefficient (Wildman–Crippen LogP) is 2.55. The highest BCUT2D eigenvalue weighted by atomic mass is 35.5. The van der Waals surface area contributed by atoms with Gasteiger partial charge in [0.2, 0.25) is 11.9 Å². The van der Waals surface area contributed by atoms with E-state index < -0.39 is 0 Å². The van der Waals surface area contributed by atoms with Crippen molar-refractivity contribution in [3.8, 4) is 0 Å². The Morgan fingerprint density at radius 1 is 1.19 bits per heavy atom. The molecule has 2 aliphatic rings. The van der Waals surface area contributed by atoms with Crippen LogP contribution < -0.4 is 10.2 Å². The van der Waals surface area contributed by atoms with Crippen molar-refractivity contribution in [1.82, 2.24) is 20.2 Å². The molecule has 2 aromatic rings. The zero-order valence-corrected chi connectivity index (χ0v) is 18.7. The minimum Gasteiger partial charge on any atom is -0.373 e. The fourth-order valence-electron chi connectivity index (χ4n) is 4.53. The summed E-state index contributed by atoms with van der Waals surface area (Å²) in [6.45, 7) is 5.47. The lowest BCUT2D eigenvalue weighted by atomic mass is 9.96. The third kappa shape index (κ3) is 5.93. The van der Waals surface area contributed by atoms with E-state index in [1.165, 1.54) is 5.56 Å². The Hall–Kier alpha value is -2.22. The van der Waals surface area contributed by atoms with Gasteiger partial charge in [0.25, 0.3) is 0 Å². The van der Waals surface area contributed by atoms with E-state index in [-0.39, 0.29) is 12.0 Å². The van der Waals surface area contributed by atoms with Crippen LogP contribution in [0.4, 0.5) is 5.95 Å². The number of aromatic nitrogens is 2. The summed E-state index contributed by atoms with van der Waals surface area (Å²) < 4.78 is 6.14. The Labute approximate surface area is 188 Å². The predicted molar refractivity (Wildman–Crippen MR) is 121 cm³/mol. The summed E-state index contributed by atoms with van der Waals surface area (Å²) in [6.07, 6.45) is 6.65. The van der Waals surface area contributed by atoms with E-state index in [1.54, 1.807) is 19.3 Å². The van der Waals surface area contributed by atoms with Crippen molar-refractivity contribution in [2.24, 2.45) is 0 Å². The first-order chi connectivity index (χ1) is 15.1. The van der Waals surface area contributed by atoms with Crippen molar-refractivity contribution in [3.63, 3.8) is 0 Å². The number of anilines is 1. The number of benzene rings is 1. The van der Waals surface area contributed by atoms with Gasteiger partial charge in [0.05, 0.1) is 12.7 Å². The Balaban J connectivity index is 1.42. The fourth-order valence-corrected chi connectivity index (χ4v) is 4.65. The number of ether oxygens (including phenoxy) is 1. The minimum atomic E-state index is -0.0189. The molecule has 2 atom stereocenters. The molecule has 2 saturated heterocycles. The van der Waals surface area contributed by atoms with Crippen molar-refractivity contribution >= 4 is 23.5 Å². The molecule has 0 aliphatic carbocycles. The van der Waals surface area contributed by atoms with E-state index in [0.29, 0.717) is 25.2 Å². The normalized spacial score (nSPS) is 23.0. The number of rotatable bonds is 6. The molecular weight excluding hydrogens is 414 g/mol. The van der Waals surface area contributed by atoms with Gasteiger partial charge in [-0.2, -0.15) is 0 Å². The maximum atomic E-state index is 11.4. The van der Waals surface area contributed by atoms with Crippen LogP contribution in [-0.4, -0.2) is 71.7 Å². The van der Waals surface area contributed by atoms with Gasteiger partial charge in [-0.1, -0.05) is 23.7 Å². The number of hydrogen-bond donors (Lipinski definition) is 1. The van der Waals surface area contributed by atoms with Crippen LogP contribution in [0.2, 0.25) is 5.02 Å². The zero-order chi connectivity index (χ0) is 21.6. The Morgan fingerprint density at radius 2 is 1.90 bits per heavy atom. The van der Waals surface area contributed by atoms with Gasteiger partial charge in [0.15, 0.2) is 0 Å². The highest BCUT2D eigenvalue weighted by Crippen LogP contribution is 2.26. The highest BCUT2D eigenvalue weighted by Gasteiger charge is 2.35. The van der Waals surface area contributed by atoms with Gasteiger partial charge in [0, 0.05) is 62.6 Å². The SMILES string of the molecule is CC(=O)NCC1CN(C2CCN(c3ncccn3)CC2)C(Cc2ccc(Cl)cc2)CO1. The summed E-state index contributed by atoms with van der Waals surface area (Å²) in [5.74, 6) is 0.791. The Morgan fingerprint density at radius 3 is 2.58 bits per heavy atom. The van der Waals surface area contributed by atoms with Crippen LogP contribution in [0.15, 0.2) is 42.7 Å². The van der Waals surface area contributed by atoms with Crippen LogP contribution in [-0.2, 0) is 16.0 Å². The first-order valence-electron chi connectivity index (χ1n) is 11.0. The molecule has 1 amide bonds. The summed E-state index contributed by atoms with van der Waals surface area (Å²) in [4.78, 5) is 25.0. The van der Waals surface area contributed by atoms with E-state index in [4.69, 9.17) is 16.3 Å². The molecule has 4 rings (SSSR count). The van der Waals surface area contributed by atoms with E-state index in [2.05, 4.69) is 37.2 Å². The lowest BCUT2D eigenvalue weighted by Gasteiger charge is -2.46. The topological polar surface area (TPSA) is 70.6 Å². The van der Waals surface area contributed by atoms with E-state index in [9.17, 15) is 4.79 Å². The number of hydrogen-bond acceptors (Lipinski definition) is 6. The van der Waals surface area contributed by atoms with Crippen molar-refractivity contribution in [2.45, 2.75) is 44.4 Å². The lowest BCUT2D eigenvalue weighted by Crippen LogP contribution is -2.58. The first kappa shape index (κ1) is 22.0. The average Bonchev–Trinajstić information content (AvgIpc) is 2.80. The molecule has 166 valence electrons. The van der Waals surface area contributed by atoms with Gasteiger partial charge >= 0.3 is 0 Å². The van der Waals surface area contributed by atoms with Gasteiger partial charge in [-0.15, -0.1) is 0 Å². The highest BCUT2D eigenvalue weighted by molar-refractivity contribution is 6.30. The molecule has 0 bridgehead atoms. The monoisotopic (exact) mass is 443 g/mol. The summed E-state index contributed by atoms with van der Waals surface area (Å²) in [5.41, 5.74) is 1.26. The zero-order valence-electron chi connectivity index (χ0n) is 17.9. The second-order valence-electron chi connectivity index (χ2n) is 8.34. The Kier molecular flexibility index (Phi) is 7.37. The Bertz CT molecular complexity index is 843. The molecule has 1 aromatic carbocycles. The van der Waals surface area contributed by atoms with E-state index >= 15 is 0 Å². The van der Waals surface area contributed by atoms with Crippen molar-refractivity contribution in [1.29, 1.82) is 0 Å². The molecule has 2 aliphatic heterocycles. The third-order valence-electron chi connectivity index (χ3n) is 6.14. The van der Waals surface area contributed by atoms with Crippen LogP contribution in [0, 0.1) is 0 Å². The number of piperidine rings is 1. The van der Waals surface area contributed by atoms with Gasteiger partial charge in [-0.05, 0) is 43.0 Å². The van der Waals surface area contributed by atoms with Crippen LogP contribution in [0.3, 0.4) is 0 Å². The van der Waals surface area contributed by atoms with E-state index in [0.717, 1.165) is 49.9 Å². The quantitative estimate of drug-likeness (QED) is 0.739. The largest absolute Gasteiger partial charge is 0.373 e. The maximum absolute atomic E-state index is 11.4. The second-order valence-corrected chi connectivity index (χ2v) is 8.78. The number of nitrogens with zero attached hydrogens (tertiary/aromatic N) is 4. The fraction of sp³-hybridized carbons (Fsp3) is 0.522. The first-order valence-corrected chi connectivity index (χ1v) is 11.3. The number of nitrogens with one attached hydrogen (secondary N) is 1. The van der Waals surface area contributed by atoms with Crippen LogP contribution in [0.25, 0.3) is 0 Å². The van der Waals surface area contributed by atoms with Crippen LogP contribution >= 0.6 is 11.6 Å². The number of morpholine rings is 1. The van der Waals surface area contributed by atoms with Crippen LogP contribution in [0.1, 0.15) is 25.3 Å².